The molecule has 6 nitrogen and oxygen atoms in total. The second-order valence-electron chi connectivity index (χ2n) is 4.00. The van der Waals surface area contributed by atoms with Crippen molar-refractivity contribution in [3.63, 3.8) is 0 Å². The lowest BCUT2D eigenvalue weighted by Gasteiger charge is -2.06. The first kappa shape index (κ1) is 13.2. The minimum Gasteiger partial charge on any atom is -0.397 e. The van der Waals surface area contributed by atoms with Gasteiger partial charge in [0.1, 0.15) is 0 Å². The molecule has 1 aliphatic rings. The number of amides is 2. The van der Waals surface area contributed by atoms with Gasteiger partial charge < -0.3 is 11.1 Å². The van der Waals surface area contributed by atoms with Gasteiger partial charge in [0.05, 0.1) is 28.8 Å². The number of nitrogens with two attached hydrogens (primary N) is 1. The molecule has 0 atom stereocenters. The van der Waals surface area contributed by atoms with Gasteiger partial charge in [0.25, 0.3) is 0 Å². The van der Waals surface area contributed by atoms with Crippen LogP contribution in [0.1, 0.15) is 5.56 Å². The summed E-state index contributed by atoms with van der Waals surface area (Å²) in [6.45, 7) is 0. The van der Waals surface area contributed by atoms with Crippen LogP contribution in [0.2, 0.25) is 0 Å². The lowest BCUT2D eigenvalue weighted by Crippen LogP contribution is -2.16. The number of nitrogens with zero attached hydrogens (tertiary/aromatic N) is 2. The Morgan fingerprint density at radius 1 is 1.30 bits per heavy atom. The Bertz CT molecular complexity index is 689. The van der Waals surface area contributed by atoms with Crippen molar-refractivity contribution in [2.24, 2.45) is 10.7 Å². The number of urea groups is 1. The van der Waals surface area contributed by atoms with Gasteiger partial charge >= 0.3 is 6.03 Å². The Morgan fingerprint density at radius 3 is 2.60 bits per heavy atom. The normalized spacial score (nSPS) is 15.7. The van der Waals surface area contributed by atoms with Crippen molar-refractivity contribution < 1.29 is 4.79 Å². The number of hydrogen-bond acceptors (Lipinski definition) is 4. The summed E-state index contributed by atoms with van der Waals surface area (Å²) in [7, 11) is 0. The molecule has 0 radical (unpaired) electrons. The molecule has 6 heteroatoms. The third-order valence-electron chi connectivity index (χ3n) is 2.53. The second kappa shape index (κ2) is 5.63. The fourth-order valence-corrected chi connectivity index (χ4v) is 1.52. The first-order chi connectivity index (χ1) is 9.58. The van der Waals surface area contributed by atoms with E-state index in [2.05, 4.69) is 10.3 Å². The molecular weight excluding hydrogens is 254 g/mol. The molecule has 1 aromatic rings. The van der Waals surface area contributed by atoms with E-state index in [4.69, 9.17) is 16.4 Å². The van der Waals surface area contributed by atoms with Gasteiger partial charge in [-0.1, -0.05) is 0 Å². The zero-order chi connectivity index (χ0) is 14.5. The smallest absolute Gasteiger partial charge is 0.345 e. The highest BCUT2D eigenvalue weighted by Crippen LogP contribution is 2.09. The third-order valence-corrected chi connectivity index (χ3v) is 2.53. The molecule has 0 fully saturated rings. The molecule has 0 aliphatic heterocycles. The second-order valence-corrected chi connectivity index (χ2v) is 4.00. The fourth-order valence-electron chi connectivity index (χ4n) is 1.52. The van der Waals surface area contributed by atoms with Crippen LogP contribution in [0.3, 0.4) is 0 Å². The minimum atomic E-state index is -0.549. The average molecular weight is 265 g/mol. The Labute approximate surface area is 115 Å². The molecule has 4 N–H and O–H groups in total. The highest BCUT2D eigenvalue weighted by Gasteiger charge is 2.07. The molecule has 0 saturated carbocycles. The quantitative estimate of drug-likeness (QED) is 0.674. The average Bonchev–Trinajstić information content (AvgIpc) is 2.44. The van der Waals surface area contributed by atoms with Crippen LogP contribution >= 0.6 is 0 Å². The molecule has 2 rings (SSSR count). The van der Waals surface area contributed by atoms with Crippen LogP contribution in [-0.4, -0.2) is 17.5 Å². The van der Waals surface area contributed by atoms with Crippen LogP contribution in [0.5, 0.6) is 0 Å². The zero-order valence-corrected chi connectivity index (χ0v) is 10.4. The van der Waals surface area contributed by atoms with E-state index >= 15 is 0 Å². The molecular formula is C14H11N5O. The van der Waals surface area contributed by atoms with Crippen LogP contribution in [0.25, 0.3) is 0 Å². The van der Waals surface area contributed by atoms with Crippen molar-refractivity contribution in [2.75, 3.05) is 5.32 Å². The molecule has 1 aliphatic carbocycles. The number of aliphatic imine (C=N–C) groups is 1. The predicted octanol–water partition coefficient (Wildman–Crippen LogP) is 1.96. The summed E-state index contributed by atoms with van der Waals surface area (Å²) in [4.78, 5) is 15.5. The number of nitriles is 1. The lowest BCUT2D eigenvalue weighted by molar-refractivity contribution is 0.259. The Hall–Kier alpha value is -3.20. The maximum atomic E-state index is 11.7. The number of rotatable bonds is 1. The summed E-state index contributed by atoms with van der Waals surface area (Å²) < 4.78 is 0. The number of hydrogen-bond donors (Lipinski definition) is 3. The molecule has 0 bridgehead atoms. The first-order valence-corrected chi connectivity index (χ1v) is 5.72. The van der Waals surface area contributed by atoms with E-state index in [-0.39, 0.29) is 11.4 Å². The summed E-state index contributed by atoms with van der Waals surface area (Å²) >= 11 is 0. The highest BCUT2D eigenvalue weighted by atomic mass is 16.2. The molecule has 0 saturated heterocycles. The van der Waals surface area contributed by atoms with Gasteiger partial charge in [-0.2, -0.15) is 10.3 Å². The van der Waals surface area contributed by atoms with Crippen molar-refractivity contribution >= 4 is 23.1 Å². The van der Waals surface area contributed by atoms with Gasteiger partial charge in [0, 0.05) is 5.69 Å². The number of benzene rings is 1. The predicted molar refractivity (Wildman–Crippen MR) is 76.7 cm³/mol. The Balaban J connectivity index is 2.07. The largest absolute Gasteiger partial charge is 0.397 e. The van der Waals surface area contributed by atoms with Crippen molar-refractivity contribution in [3.8, 4) is 6.07 Å². The monoisotopic (exact) mass is 265 g/mol. The van der Waals surface area contributed by atoms with Gasteiger partial charge in [0.2, 0.25) is 0 Å². The number of anilines is 1. The highest BCUT2D eigenvalue weighted by molar-refractivity contribution is 6.22. The van der Waals surface area contributed by atoms with Gasteiger partial charge in [-0.25, -0.2) is 4.79 Å². The van der Waals surface area contributed by atoms with Crippen LogP contribution in [0, 0.1) is 16.7 Å². The molecule has 98 valence electrons. The molecule has 2 amide bonds. The summed E-state index contributed by atoms with van der Waals surface area (Å²) in [5, 5.41) is 18.7. The van der Waals surface area contributed by atoms with Crippen LogP contribution in [0.15, 0.2) is 53.2 Å². The number of allylic oxidation sites excluding steroid dienone is 3. The number of carbonyl (C=O) groups is 1. The SMILES string of the molecule is N#Cc1ccc(NC(=O)/N=C2\C=CC(=N)C(N)=C2)cc1. The lowest BCUT2D eigenvalue weighted by atomic mass is 10.1. The summed E-state index contributed by atoms with van der Waals surface area (Å²) in [5.41, 5.74) is 7.46. The van der Waals surface area contributed by atoms with Crippen molar-refractivity contribution in [1.82, 2.24) is 0 Å². The van der Waals surface area contributed by atoms with Gasteiger partial charge in [-0.3, -0.25) is 5.41 Å². The zero-order valence-electron chi connectivity index (χ0n) is 10.4. The van der Waals surface area contributed by atoms with Crippen molar-refractivity contribution in [1.29, 1.82) is 10.7 Å². The third kappa shape index (κ3) is 3.17. The summed E-state index contributed by atoms with van der Waals surface area (Å²) in [5.74, 6) is 0. The summed E-state index contributed by atoms with van der Waals surface area (Å²) in [6.07, 6.45) is 4.47. The van der Waals surface area contributed by atoms with Gasteiger partial charge in [-0.15, -0.1) is 0 Å². The van der Waals surface area contributed by atoms with E-state index < -0.39 is 6.03 Å². The van der Waals surface area contributed by atoms with E-state index in [1.807, 2.05) is 6.07 Å². The summed E-state index contributed by atoms with van der Waals surface area (Å²) in [6, 6.07) is 7.88. The van der Waals surface area contributed by atoms with E-state index in [0.29, 0.717) is 17.0 Å². The Morgan fingerprint density at radius 2 is 2.00 bits per heavy atom. The topological polar surface area (TPSA) is 115 Å². The van der Waals surface area contributed by atoms with E-state index in [0.717, 1.165) is 0 Å². The standard InChI is InChI=1S/C14H11N5O/c15-8-9-1-3-10(4-2-9)18-14(20)19-11-5-6-12(16)13(17)7-11/h1-7,16H,17H2,(H,18,20)/b16-12?,19-11+. The maximum absolute atomic E-state index is 11.7. The Kier molecular flexibility index (Phi) is 3.72. The molecule has 0 heterocycles. The van der Waals surface area contributed by atoms with Crippen LogP contribution in [-0.2, 0) is 0 Å². The van der Waals surface area contributed by atoms with Gasteiger partial charge in [0.15, 0.2) is 0 Å². The van der Waals surface area contributed by atoms with Crippen LogP contribution in [0.4, 0.5) is 10.5 Å². The molecule has 20 heavy (non-hydrogen) atoms. The molecule has 1 aromatic carbocycles. The fraction of sp³-hybridized carbons (Fsp3) is 0. The first-order valence-electron chi connectivity index (χ1n) is 5.72. The minimum absolute atomic E-state index is 0.191. The molecule has 0 aromatic heterocycles. The van der Waals surface area contributed by atoms with E-state index in [1.54, 1.807) is 24.3 Å². The van der Waals surface area contributed by atoms with Crippen molar-refractivity contribution in [2.45, 2.75) is 0 Å². The van der Waals surface area contributed by atoms with Crippen molar-refractivity contribution in [3.05, 3.63) is 53.8 Å². The number of carbonyl (C=O) groups excluding carboxylic acids is 1. The number of nitrogens with one attached hydrogen (secondary N) is 2. The van der Waals surface area contributed by atoms with Gasteiger partial charge in [-0.05, 0) is 42.5 Å². The van der Waals surface area contributed by atoms with Crippen LogP contribution < -0.4 is 11.1 Å². The van der Waals surface area contributed by atoms with E-state index in [1.165, 1.54) is 18.2 Å². The molecule has 0 spiro atoms. The molecule has 0 unspecified atom stereocenters. The maximum Gasteiger partial charge on any atom is 0.345 e. The van der Waals surface area contributed by atoms with E-state index in [9.17, 15) is 4.79 Å².